The van der Waals surface area contributed by atoms with E-state index < -0.39 is 10.8 Å². The second-order valence-corrected chi connectivity index (χ2v) is 5.83. The molecule has 0 saturated carbocycles. The normalized spacial score (nSPS) is 11.2. The Morgan fingerprint density at radius 1 is 1.07 bits per heavy atom. The molecule has 0 heterocycles. The van der Waals surface area contributed by atoms with E-state index in [1.165, 1.54) is 12.1 Å². The number of hydrogen-bond acceptors (Lipinski definition) is 5. The minimum atomic E-state index is -0.470. The molecule has 0 bridgehead atoms. The standard InChI is InChI=1S/C20H17N3O4/c1-14(15-6-9-18(10-7-15)23(25)26)21-22-20(24)13-27-19-11-8-16-4-2-3-5-17(16)12-19/h2-12H,13H2,1H3,(H,22,24)/b21-14+. The van der Waals surface area contributed by atoms with E-state index in [-0.39, 0.29) is 12.3 Å². The van der Waals surface area contributed by atoms with Crippen molar-refractivity contribution in [3.63, 3.8) is 0 Å². The summed E-state index contributed by atoms with van der Waals surface area (Å²) in [6, 6.07) is 19.4. The molecule has 0 aromatic heterocycles. The lowest BCUT2D eigenvalue weighted by molar-refractivity contribution is -0.384. The maximum absolute atomic E-state index is 11.9. The highest BCUT2D eigenvalue weighted by atomic mass is 16.6. The summed E-state index contributed by atoms with van der Waals surface area (Å²) in [5.74, 6) is 0.198. The fraction of sp³-hybridized carbons (Fsp3) is 0.100. The molecule has 0 unspecified atom stereocenters. The maximum Gasteiger partial charge on any atom is 0.277 e. The summed E-state index contributed by atoms with van der Waals surface area (Å²) in [5, 5.41) is 16.8. The summed E-state index contributed by atoms with van der Waals surface area (Å²) in [6.45, 7) is 1.53. The lowest BCUT2D eigenvalue weighted by Gasteiger charge is -2.07. The van der Waals surface area contributed by atoms with Gasteiger partial charge in [0.2, 0.25) is 0 Å². The lowest BCUT2D eigenvalue weighted by Crippen LogP contribution is -2.25. The zero-order valence-electron chi connectivity index (χ0n) is 14.6. The number of nitro groups is 1. The van der Waals surface area contributed by atoms with Crippen LogP contribution >= 0.6 is 0 Å². The summed E-state index contributed by atoms with van der Waals surface area (Å²) in [5.41, 5.74) is 3.62. The number of nitrogens with zero attached hydrogens (tertiary/aromatic N) is 2. The summed E-state index contributed by atoms with van der Waals surface area (Å²) in [4.78, 5) is 22.1. The van der Waals surface area contributed by atoms with E-state index in [2.05, 4.69) is 10.5 Å². The highest BCUT2D eigenvalue weighted by molar-refractivity contribution is 5.99. The SMILES string of the molecule is C/C(=N\NC(=O)COc1ccc2ccccc2c1)c1ccc([N+](=O)[O-])cc1. The van der Waals surface area contributed by atoms with Gasteiger partial charge in [-0.05, 0) is 47.5 Å². The van der Waals surface area contributed by atoms with Gasteiger partial charge in [-0.15, -0.1) is 0 Å². The molecule has 0 saturated heterocycles. The molecule has 3 aromatic carbocycles. The van der Waals surface area contributed by atoms with Crippen LogP contribution in [-0.2, 0) is 4.79 Å². The van der Waals surface area contributed by atoms with E-state index in [0.717, 1.165) is 10.8 Å². The first-order valence-corrected chi connectivity index (χ1v) is 8.22. The molecule has 3 aromatic rings. The van der Waals surface area contributed by atoms with E-state index in [0.29, 0.717) is 17.0 Å². The minimum Gasteiger partial charge on any atom is -0.484 e. The van der Waals surface area contributed by atoms with Crippen LogP contribution in [0.15, 0.2) is 71.8 Å². The molecule has 136 valence electrons. The summed E-state index contributed by atoms with van der Waals surface area (Å²) in [7, 11) is 0. The number of hydrogen-bond donors (Lipinski definition) is 1. The van der Waals surface area contributed by atoms with Gasteiger partial charge in [0.15, 0.2) is 6.61 Å². The number of carbonyl (C=O) groups excluding carboxylic acids is 1. The quantitative estimate of drug-likeness (QED) is 0.411. The highest BCUT2D eigenvalue weighted by Crippen LogP contribution is 2.20. The van der Waals surface area contributed by atoms with Crippen molar-refractivity contribution >= 4 is 28.1 Å². The average molecular weight is 363 g/mol. The summed E-state index contributed by atoms with van der Waals surface area (Å²) in [6.07, 6.45) is 0. The Morgan fingerprint density at radius 3 is 2.48 bits per heavy atom. The first-order chi connectivity index (χ1) is 13.0. The molecule has 0 radical (unpaired) electrons. The third kappa shape index (κ3) is 4.66. The zero-order valence-corrected chi connectivity index (χ0v) is 14.6. The van der Waals surface area contributed by atoms with Gasteiger partial charge in [-0.3, -0.25) is 14.9 Å². The molecule has 0 aliphatic carbocycles. The van der Waals surface area contributed by atoms with Gasteiger partial charge in [0, 0.05) is 12.1 Å². The highest BCUT2D eigenvalue weighted by Gasteiger charge is 2.07. The molecule has 0 aliphatic heterocycles. The van der Waals surface area contributed by atoms with Crippen LogP contribution < -0.4 is 10.2 Å². The van der Waals surface area contributed by atoms with Crippen LogP contribution in [0.1, 0.15) is 12.5 Å². The maximum atomic E-state index is 11.9. The number of fused-ring (bicyclic) bond motifs is 1. The van der Waals surface area contributed by atoms with Crippen LogP contribution in [0, 0.1) is 10.1 Å². The Kier molecular flexibility index (Phi) is 5.41. The summed E-state index contributed by atoms with van der Waals surface area (Å²) < 4.78 is 5.50. The third-order valence-corrected chi connectivity index (χ3v) is 3.94. The Bertz CT molecular complexity index is 1010. The van der Waals surface area contributed by atoms with Gasteiger partial charge in [0.05, 0.1) is 10.6 Å². The fourth-order valence-electron chi connectivity index (χ4n) is 2.47. The number of non-ortho nitro benzene ring substituents is 1. The van der Waals surface area contributed by atoms with Crippen molar-refractivity contribution in [2.75, 3.05) is 6.61 Å². The van der Waals surface area contributed by atoms with E-state index in [4.69, 9.17) is 4.74 Å². The summed E-state index contributed by atoms with van der Waals surface area (Å²) >= 11 is 0. The number of amides is 1. The van der Waals surface area contributed by atoms with Gasteiger partial charge in [0.25, 0.3) is 11.6 Å². The number of ether oxygens (including phenoxy) is 1. The lowest BCUT2D eigenvalue weighted by atomic mass is 10.1. The van der Waals surface area contributed by atoms with Crippen molar-refractivity contribution in [3.8, 4) is 5.75 Å². The topological polar surface area (TPSA) is 93.8 Å². The Morgan fingerprint density at radius 2 is 1.78 bits per heavy atom. The van der Waals surface area contributed by atoms with Gasteiger partial charge in [-0.1, -0.05) is 30.3 Å². The molecule has 27 heavy (non-hydrogen) atoms. The van der Waals surface area contributed by atoms with Crippen molar-refractivity contribution in [2.24, 2.45) is 5.10 Å². The second kappa shape index (κ2) is 8.09. The number of carbonyl (C=O) groups is 1. The number of hydrazone groups is 1. The number of nitro benzene ring substituents is 1. The van der Waals surface area contributed by atoms with Gasteiger partial charge in [-0.2, -0.15) is 5.10 Å². The molecule has 3 rings (SSSR count). The minimum absolute atomic E-state index is 0.000583. The Hall–Kier alpha value is -3.74. The molecule has 7 nitrogen and oxygen atoms in total. The molecule has 0 atom stereocenters. The van der Waals surface area contributed by atoms with Gasteiger partial charge >= 0.3 is 0 Å². The third-order valence-electron chi connectivity index (χ3n) is 3.94. The van der Waals surface area contributed by atoms with Crippen molar-refractivity contribution in [1.82, 2.24) is 5.43 Å². The predicted octanol–water partition coefficient (Wildman–Crippen LogP) is 3.67. The second-order valence-electron chi connectivity index (χ2n) is 5.83. The van der Waals surface area contributed by atoms with Crippen molar-refractivity contribution in [3.05, 3.63) is 82.4 Å². The first kappa shape index (κ1) is 18.1. The van der Waals surface area contributed by atoms with Gasteiger partial charge in [0.1, 0.15) is 5.75 Å². The smallest absolute Gasteiger partial charge is 0.277 e. The van der Waals surface area contributed by atoms with E-state index in [1.807, 2.05) is 36.4 Å². The molecule has 0 fully saturated rings. The van der Waals surface area contributed by atoms with Crippen LogP contribution in [0.25, 0.3) is 10.8 Å². The molecule has 0 spiro atoms. The van der Waals surface area contributed by atoms with E-state index >= 15 is 0 Å². The number of nitrogens with one attached hydrogen (secondary N) is 1. The molecule has 1 amide bonds. The van der Waals surface area contributed by atoms with Crippen LogP contribution in [-0.4, -0.2) is 23.1 Å². The molecular formula is C20H17N3O4. The van der Waals surface area contributed by atoms with Crippen LogP contribution in [0.4, 0.5) is 5.69 Å². The van der Waals surface area contributed by atoms with E-state index in [9.17, 15) is 14.9 Å². The number of benzene rings is 3. The van der Waals surface area contributed by atoms with Crippen LogP contribution in [0.5, 0.6) is 5.75 Å². The van der Waals surface area contributed by atoms with Crippen LogP contribution in [0.2, 0.25) is 0 Å². The molecule has 7 heteroatoms. The van der Waals surface area contributed by atoms with Gasteiger partial charge < -0.3 is 4.74 Å². The Labute approximate surface area is 155 Å². The molecular weight excluding hydrogens is 346 g/mol. The average Bonchev–Trinajstić information content (AvgIpc) is 2.70. The monoisotopic (exact) mass is 363 g/mol. The molecule has 1 N–H and O–H groups in total. The Balaban J connectivity index is 1.56. The van der Waals surface area contributed by atoms with E-state index in [1.54, 1.807) is 25.1 Å². The number of rotatable bonds is 6. The van der Waals surface area contributed by atoms with Crippen molar-refractivity contribution in [1.29, 1.82) is 0 Å². The van der Waals surface area contributed by atoms with Crippen LogP contribution in [0.3, 0.4) is 0 Å². The predicted molar refractivity (Wildman–Crippen MR) is 103 cm³/mol. The van der Waals surface area contributed by atoms with Gasteiger partial charge in [-0.25, -0.2) is 5.43 Å². The zero-order chi connectivity index (χ0) is 19.2. The van der Waals surface area contributed by atoms with Crippen molar-refractivity contribution in [2.45, 2.75) is 6.92 Å². The van der Waals surface area contributed by atoms with Crippen molar-refractivity contribution < 1.29 is 14.5 Å². The first-order valence-electron chi connectivity index (χ1n) is 8.22. The molecule has 0 aliphatic rings. The largest absolute Gasteiger partial charge is 0.484 e. The fourth-order valence-corrected chi connectivity index (χ4v) is 2.47.